The number of H-pyrrole nitrogens is 1. The van der Waals surface area contributed by atoms with E-state index >= 15 is 0 Å². The highest BCUT2D eigenvalue weighted by Crippen LogP contribution is 2.31. The van der Waals surface area contributed by atoms with Gasteiger partial charge in [0.15, 0.2) is 22.3 Å². The van der Waals surface area contributed by atoms with Crippen LogP contribution in [0.4, 0.5) is 5.13 Å². The van der Waals surface area contributed by atoms with Crippen LogP contribution in [-0.4, -0.2) is 32.3 Å². The van der Waals surface area contributed by atoms with Gasteiger partial charge < -0.3 is 4.74 Å². The molecule has 0 aliphatic rings. The second-order valence-corrected chi connectivity index (χ2v) is 7.30. The van der Waals surface area contributed by atoms with Crippen molar-refractivity contribution < 1.29 is 9.53 Å². The maximum Gasteiger partial charge on any atom is 0.264 e. The highest BCUT2D eigenvalue weighted by molar-refractivity contribution is 7.71. The zero-order valence-electron chi connectivity index (χ0n) is 14.4. The summed E-state index contributed by atoms with van der Waals surface area (Å²) in [6.07, 6.45) is 1.74. The Hall–Kier alpha value is -2.49. The van der Waals surface area contributed by atoms with Crippen molar-refractivity contribution in [2.45, 2.75) is 13.5 Å². The third kappa shape index (κ3) is 4.62. The average molecular weight is 422 g/mol. The Kier molecular flexibility index (Phi) is 6.04. The first-order chi connectivity index (χ1) is 13.0. The molecule has 0 unspecified atom stereocenters. The van der Waals surface area contributed by atoms with Crippen LogP contribution in [0.1, 0.15) is 5.69 Å². The molecule has 2 heterocycles. The van der Waals surface area contributed by atoms with Crippen molar-refractivity contribution in [1.82, 2.24) is 19.7 Å². The number of nitrogens with zero attached hydrogens (tertiary/aromatic N) is 3. The Bertz CT molecular complexity index is 1020. The first-order valence-electron chi connectivity index (χ1n) is 7.90. The van der Waals surface area contributed by atoms with Gasteiger partial charge in [-0.25, -0.2) is 4.98 Å². The van der Waals surface area contributed by atoms with Crippen molar-refractivity contribution >= 4 is 46.2 Å². The lowest BCUT2D eigenvalue weighted by Crippen LogP contribution is -2.20. The van der Waals surface area contributed by atoms with Crippen molar-refractivity contribution in [3.05, 3.63) is 52.4 Å². The second kappa shape index (κ2) is 8.47. The number of aryl methyl sites for hydroxylation is 1. The van der Waals surface area contributed by atoms with E-state index in [-0.39, 0.29) is 12.5 Å². The zero-order chi connectivity index (χ0) is 19.4. The van der Waals surface area contributed by atoms with Crippen LogP contribution in [-0.2, 0) is 11.3 Å². The summed E-state index contributed by atoms with van der Waals surface area (Å²) < 4.78 is 7.75. The van der Waals surface area contributed by atoms with Crippen molar-refractivity contribution in [3.63, 3.8) is 0 Å². The topological polar surface area (TPSA) is 84.8 Å². The van der Waals surface area contributed by atoms with E-state index in [1.807, 2.05) is 11.5 Å². The number of allylic oxidation sites excluding steroid dienone is 1. The number of carbonyl (C=O) groups is 1. The number of hydrogen-bond acceptors (Lipinski definition) is 6. The van der Waals surface area contributed by atoms with Crippen molar-refractivity contribution in [2.75, 3.05) is 11.9 Å². The SMILES string of the molecule is C=CCn1c(-c2sc(NC(=O)COc3ccc(Cl)cc3)nc2C)n[nH]c1=S. The Morgan fingerprint density at radius 3 is 2.93 bits per heavy atom. The number of aromatic amines is 1. The fourth-order valence-corrected chi connectivity index (χ4v) is 3.60. The van der Waals surface area contributed by atoms with Gasteiger partial charge in [0.1, 0.15) is 5.75 Å². The molecule has 3 aromatic rings. The molecular weight excluding hydrogens is 406 g/mol. The van der Waals surface area contributed by atoms with Crippen LogP contribution in [0.2, 0.25) is 5.02 Å². The maximum absolute atomic E-state index is 12.1. The van der Waals surface area contributed by atoms with Crippen LogP contribution < -0.4 is 10.1 Å². The first-order valence-corrected chi connectivity index (χ1v) is 9.50. The molecule has 27 heavy (non-hydrogen) atoms. The molecule has 0 spiro atoms. The molecule has 0 saturated carbocycles. The van der Waals surface area contributed by atoms with Crippen molar-refractivity contribution in [1.29, 1.82) is 0 Å². The van der Waals surface area contributed by atoms with Crippen LogP contribution in [0.25, 0.3) is 10.7 Å². The van der Waals surface area contributed by atoms with E-state index < -0.39 is 0 Å². The average Bonchev–Trinajstić information content (AvgIpc) is 3.17. The molecule has 140 valence electrons. The number of benzene rings is 1. The number of carbonyl (C=O) groups excluding carboxylic acids is 1. The first kappa shape index (κ1) is 19.3. The van der Waals surface area contributed by atoms with Crippen LogP contribution in [0, 0.1) is 11.7 Å². The number of rotatable bonds is 7. The Morgan fingerprint density at radius 1 is 1.48 bits per heavy atom. The normalized spacial score (nSPS) is 10.6. The lowest BCUT2D eigenvalue weighted by molar-refractivity contribution is -0.118. The highest BCUT2D eigenvalue weighted by Gasteiger charge is 2.17. The van der Waals surface area contributed by atoms with Gasteiger partial charge in [-0.1, -0.05) is 29.0 Å². The fraction of sp³-hybridized carbons (Fsp3) is 0.176. The Balaban J connectivity index is 1.69. The quantitative estimate of drug-likeness (QED) is 0.440. The minimum atomic E-state index is -0.310. The summed E-state index contributed by atoms with van der Waals surface area (Å²) in [5, 5.41) is 10.8. The molecule has 0 bridgehead atoms. The standard InChI is InChI=1S/C17H16ClN5O2S2/c1-3-8-23-15(21-22-17(23)26)14-10(2)19-16(27-14)20-13(24)9-25-12-6-4-11(18)5-7-12/h3-7H,1,8-9H2,2H3,(H,22,26)(H,19,20,24). The lowest BCUT2D eigenvalue weighted by atomic mass is 10.3. The zero-order valence-corrected chi connectivity index (χ0v) is 16.7. The van der Waals surface area contributed by atoms with Crippen LogP contribution in [0.15, 0.2) is 36.9 Å². The molecule has 2 aromatic heterocycles. The van der Waals surface area contributed by atoms with E-state index in [9.17, 15) is 4.79 Å². The van der Waals surface area contributed by atoms with Gasteiger partial charge in [-0.15, -0.1) is 6.58 Å². The summed E-state index contributed by atoms with van der Waals surface area (Å²) in [7, 11) is 0. The van der Waals surface area contributed by atoms with E-state index in [4.69, 9.17) is 28.6 Å². The van der Waals surface area contributed by atoms with E-state index in [1.54, 1.807) is 30.3 Å². The summed E-state index contributed by atoms with van der Waals surface area (Å²) in [5.74, 6) is 0.911. The number of ether oxygens (including phenoxy) is 1. The molecule has 0 fully saturated rings. The molecule has 1 aromatic carbocycles. The van der Waals surface area contributed by atoms with E-state index in [0.29, 0.717) is 33.0 Å². The highest BCUT2D eigenvalue weighted by atomic mass is 35.5. The molecule has 0 atom stereocenters. The van der Waals surface area contributed by atoms with Crippen molar-refractivity contribution in [2.24, 2.45) is 0 Å². The predicted octanol–water partition coefficient (Wildman–Crippen LogP) is 4.23. The molecule has 0 aliphatic carbocycles. The van der Waals surface area contributed by atoms with E-state index in [2.05, 4.69) is 27.1 Å². The molecular formula is C17H16ClN5O2S2. The largest absolute Gasteiger partial charge is 0.484 e. The summed E-state index contributed by atoms with van der Waals surface area (Å²) in [5.41, 5.74) is 0.744. The Labute approximate surface area is 169 Å². The predicted molar refractivity (Wildman–Crippen MR) is 109 cm³/mol. The minimum absolute atomic E-state index is 0.134. The molecule has 0 radical (unpaired) electrons. The van der Waals surface area contributed by atoms with E-state index in [1.165, 1.54) is 11.3 Å². The molecule has 2 N–H and O–H groups in total. The van der Waals surface area contributed by atoms with Gasteiger partial charge in [0.25, 0.3) is 5.91 Å². The Morgan fingerprint density at radius 2 is 2.22 bits per heavy atom. The fourth-order valence-electron chi connectivity index (χ4n) is 2.28. The van der Waals surface area contributed by atoms with Gasteiger partial charge in [0.05, 0.1) is 10.6 Å². The summed E-state index contributed by atoms with van der Waals surface area (Å²) in [6, 6.07) is 6.79. The molecule has 0 aliphatic heterocycles. The van der Waals surface area contributed by atoms with E-state index in [0.717, 1.165) is 10.6 Å². The number of amides is 1. The number of aromatic nitrogens is 4. The van der Waals surface area contributed by atoms with Crippen LogP contribution >= 0.6 is 35.2 Å². The molecule has 0 saturated heterocycles. The molecule has 10 heteroatoms. The smallest absolute Gasteiger partial charge is 0.264 e. The van der Waals surface area contributed by atoms with Gasteiger partial charge in [0, 0.05) is 11.6 Å². The number of anilines is 1. The van der Waals surface area contributed by atoms with Gasteiger partial charge in [-0.2, -0.15) is 5.10 Å². The minimum Gasteiger partial charge on any atom is -0.484 e. The summed E-state index contributed by atoms with van der Waals surface area (Å²) >= 11 is 12.4. The lowest BCUT2D eigenvalue weighted by Gasteiger charge is -2.05. The molecule has 1 amide bonds. The van der Waals surface area contributed by atoms with Crippen molar-refractivity contribution in [3.8, 4) is 16.5 Å². The van der Waals surface area contributed by atoms with Crippen LogP contribution in [0.3, 0.4) is 0 Å². The van der Waals surface area contributed by atoms with Crippen LogP contribution in [0.5, 0.6) is 5.75 Å². The van der Waals surface area contributed by atoms with Gasteiger partial charge in [0.2, 0.25) is 0 Å². The third-order valence-electron chi connectivity index (χ3n) is 3.50. The number of nitrogens with one attached hydrogen (secondary N) is 2. The van der Waals surface area contributed by atoms with Gasteiger partial charge in [-0.3, -0.25) is 19.8 Å². The summed E-state index contributed by atoms with van der Waals surface area (Å²) in [6.45, 7) is 5.97. The maximum atomic E-state index is 12.1. The molecule has 3 rings (SSSR count). The monoisotopic (exact) mass is 421 g/mol. The molecule has 7 nitrogen and oxygen atoms in total. The summed E-state index contributed by atoms with van der Waals surface area (Å²) in [4.78, 5) is 17.3. The number of halogens is 1. The van der Waals surface area contributed by atoms with Gasteiger partial charge >= 0.3 is 0 Å². The second-order valence-electron chi connectivity index (χ2n) is 5.48. The number of hydrogen-bond donors (Lipinski definition) is 2. The number of thiazole rings is 1. The van der Waals surface area contributed by atoms with Gasteiger partial charge in [-0.05, 0) is 43.4 Å². The third-order valence-corrected chi connectivity index (χ3v) is 5.13.